The summed E-state index contributed by atoms with van der Waals surface area (Å²) in [4.78, 5) is 14.2. The van der Waals surface area contributed by atoms with Gasteiger partial charge < -0.3 is 10.0 Å². The summed E-state index contributed by atoms with van der Waals surface area (Å²) in [5.74, 6) is 6.49. The SMILES string of the molecule is CN(C(=O)c1ccc(F)cc1C#CCO)C1CCSC1. The van der Waals surface area contributed by atoms with Gasteiger partial charge in [-0.3, -0.25) is 4.79 Å². The molecule has 0 spiro atoms. The lowest BCUT2D eigenvalue weighted by atomic mass is 10.1. The van der Waals surface area contributed by atoms with Crippen LogP contribution in [0.15, 0.2) is 18.2 Å². The minimum Gasteiger partial charge on any atom is -0.384 e. The van der Waals surface area contributed by atoms with E-state index in [1.165, 1.54) is 18.2 Å². The monoisotopic (exact) mass is 293 g/mol. The van der Waals surface area contributed by atoms with Crippen molar-refractivity contribution in [2.45, 2.75) is 12.5 Å². The molecule has 2 rings (SSSR count). The lowest BCUT2D eigenvalue weighted by molar-refractivity contribution is 0.0747. The van der Waals surface area contributed by atoms with Crippen molar-refractivity contribution in [1.29, 1.82) is 0 Å². The van der Waals surface area contributed by atoms with Crippen molar-refractivity contribution in [2.24, 2.45) is 0 Å². The first-order chi connectivity index (χ1) is 9.63. The Morgan fingerprint density at radius 3 is 3.05 bits per heavy atom. The van der Waals surface area contributed by atoms with Crippen LogP contribution in [0.25, 0.3) is 0 Å². The van der Waals surface area contributed by atoms with E-state index in [0.717, 1.165) is 17.9 Å². The first-order valence-electron chi connectivity index (χ1n) is 6.37. The summed E-state index contributed by atoms with van der Waals surface area (Å²) in [6.07, 6.45) is 0.978. The second-order valence-electron chi connectivity index (χ2n) is 4.58. The van der Waals surface area contributed by atoms with E-state index in [-0.39, 0.29) is 18.6 Å². The molecule has 3 nitrogen and oxygen atoms in total. The molecule has 106 valence electrons. The summed E-state index contributed by atoms with van der Waals surface area (Å²) in [5.41, 5.74) is 0.702. The number of aliphatic hydroxyl groups excluding tert-OH is 1. The summed E-state index contributed by atoms with van der Waals surface area (Å²) in [5, 5.41) is 8.74. The van der Waals surface area contributed by atoms with E-state index < -0.39 is 5.82 Å². The van der Waals surface area contributed by atoms with Crippen LogP contribution in [-0.2, 0) is 0 Å². The molecule has 20 heavy (non-hydrogen) atoms. The molecule has 1 aromatic carbocycles. The standard InChI is InChI=1S/C15H16FNO2S/c1-17(13-6-8-20-10-13)15(19)14-5-4-12(16)9-11(14)3-2-7-18/h4-5,9,13,18H,6-8,10H2,1H3. The Kier molecular flexibility index (Phi) is 5.05. The summed E-state index contributed by atoms with van der Waals surface area (Å²) in [6, 6.07) is 4.16. The molecule has 0 radical (unpaired) electrons. The molecule has 1 fully saturated rings. The highest BCUT2D eigenvalue weighted by molar-refractivity contribution is 7.99. The van der Waals surface area contributed by atoms with Crippen molar-refractivity contribution in [3.05, 3.63) is 35.1 Å². The Morgan fingerprint density at radius 1 is 1.60 bits per heavy atom. The fourth-order valence-electron chi connectivity index (χ4n) is 2.12. The Bertz CT molecular complexity index is 559. The van der Waals surface area contributed by atoms with Gasteiger partial charge in [0.05, 0.1) is 5.56 Å². The van der Waals surface area contributed by atoms with Gasteiger partial charge in [0.25, 0.3) is 5.91 Å². The summed E-state index contributed by atoms with van der Waals surface area (Å²) in [7, 11) is 1.77. The van der Waals surface area contributed by atoms with Crippen LogP contribution in [-0.4, -0.2) is 47.1 Å². The van der Waals surface area contributed by atoms with Gasteiger partial charge in [-0.15, -0.1) is 0 Å². The molecule has 1 saturated heterocycles. The van der Waals surface area contributed by atoms with E-state index in [0.29, 0.717) is 11.1 Å². The van der Waals surface area contributed by atoms with Crippen LogP contribution in [0.2, 0.25) is 0 Å². The average molecular weight is 293 g/mol. The van der Waals surface area contributed by atoms with Gasteiger partial charge >= 0.3 is 0 Å². The molecule has 0 saturated carbocycles. The van der Waals surface area contributed by atoms with Gasteiger partial charge in [0.2, 0.25) is 0 Å². The summed E-state index contributed by atoms with van der Waals surface area (Å²) in [6.45, 7) is -0.320. The summed E-state index contributed by atoms with van der Waals surface area (Å²) >= 11 is 1.83. The minimum absolute atomic E-state index is 0.153. The number of carbonyl (C=O) groups excluding carboxylic acids is 1. The van der Waals surface area contributed by atoms with Gasteiger partial charge in [-0.1, -0.05) is 11.8 Å². The lowest BCUT2D eigenvalue weighted by Crippen LogP contribution is -2.37. The smallest absolute Gasteiger partial charge is 0.255 e. The van der Waals surface area contributed by atoms with Crippen molar-refractivity contribution in [1.82, 2.24) is 4.90 Å². The second kappa shape index (κ2) is 6.78. The van der Waals surface area contributed by atoms with E-state index in [1.54, 1.807) is 11.9 Å². The number of hydrogen-bond donors (Lipinski definition) is 1. The number of amides is 1. The molecule has 1 amide bonds. The number of nitrogens with zero attached hydrogens (tertiary/aromatic N) is 1. The van der Waals surface area contributed by atoms with Gasteiger partial charge in [-0.2, -0.15) is 11.8 Å². The van der Waals surface area contributed by atoms with Crippen molar-refractivity contribution < 1.29 is 14.3 Å². The molecular formula is C15H16FNO2S. The van der Waals surface area contributed by atoms with Crippen LogP contribution < -0.4 is 0 Å². The number of hydrogen-bond acceptors (Lipinski definition) is 3. The zero-order valence-electron chi connectivity index (χ0n) is 11.2. The predicted octanol–water partition coefficient (Wildman–Crippen LogP) is 1.75. The maximum atomic E-state index is 13.3. The van der Waals surface area contributed by atoms with Crippen LogP contribution in [0.5, 0.6) is 0 Å². The highest BCUT2D eigenvalue weighted by atomic mass is 32.2. The first kappa shape index (κ1) is 14.9. The Labute approximate surface area is 122 Å². The number of aliphatic hydroxyl groups is 1. The number of halogens is 1. The van der Waals surface area contributed by atoms with Crippen LogP contribution in [0.3, 0.4) is 0 Å². The van der Waals surface area contributed by atoms with Gasteiger partial charge in [-0.25, -0.2) is 4.39 Å². The van der Waals surface area contributed by atoms with Gasteiger partial charge in [0.15, 0.2) is 0 Å². The fourth-order valence-corrected chi connectivity index (χ4v) is 3.39. The molecule has 0 aliphatic carbocycles. The van der Waals surface area contributed by atoms with Gasteiger partial charge in [0, 0.05) is 24.4 Å². The van der Waals surface area contributed by atoms with Gasteiger partial charge in [0.1, 0.15) is 12.4 Å². The van der Waals surface area contributed by atoms with Crippen LogP contribution >= 0.6 is 11.8 Å². The minimum atomic E-state index is -0.442. The molecule has 5 heteroatoms. The van der Waals surface area contributed by atoms with E-state index in [4.69, 9.17) is 5.11 Å². The Balaban J connectivity index is 2.28. The van der Waals surface area contributed by atoms with E-state index in [9.17, 15) is 9.18 Å². The number of carbonyl (C=O) groups is 1. The lowest BCUT2D eigenvalue weighted by Gasteiger charge is -2.24. The van der Waals surface area contributed by atoms with Crippen LogP contribution in [0.1, 0.15) is 22.3 Å². The Morgan fingerprint density at radius 2 is 2.40 bits per heavy atom. The second-order valence-corrected chi connectivity index (χ2v) is 5.73. The molecule has 1 aromatic rings. The third-order valence-electron chi connectivity index (χ3n) is 3.29. The van der Waals surface area contributed by atoms with Crippen molar-refractivity contribution >= 4 is 17.7 Å². The molecular weight excluding hydrogens is 277 g/mol. The highest BCUT2D eigenvalue weighted by Crippen LogP contribution is 2.23. The van der Waals surface area contributed by atoms with E-state index in [1.807, 2.05) is 11.8 Å². The van der Waals surface area contributed by atoms with E-state index >= 15 is 0 Å². The molecule has 1 N–H and O–H groups in total. The molecule has 0 aromatic heterocycles. The van der Waals surface area contributed by atoms with Crippen molar-refractivity contribution in [3.8, 4) is 11.8 Å². The number of thioether (sulfide) groups is 1. The molecule has 1 unspecified atom stereocenters. The molecule has 1 atom stereocenters. The maximum absolute atomic E-state index is 13.3. The van der Waals surface area contributed by atoms with E-state index in [2.05, 4.69) is 11.8 Å². The quantitative estimate of drug-likeness (QED) is 0.845. The van der Waals surface area contributed by atoms with Crippen molar-refractivity contribution in [3.63, 3.8) is 0 Å². The summed E-state index contributed by atoms with van der Waals surface area (Å²) < 4.78 is 13.3. The van der Waals surface area contributed by atoms with Crippen LogP contribution in [0, 0.1) is 17.7 Å². The maximum Gasteiger partial charge on any atom is 0.255 e. The number of rotatable bonds is 2. The molecule has 1 aliphatic heterocycles. The highest BCUT2D eigenvalue weighted by Gasteiger charge is 2.25. The first-order valence-corrected chi connectivity index (χ1v) is 7.53. The van der Waals surface area contributed by atoms with Gasteiger partial charge in [-0.05, 0) is 30.4 Å². The van der Waals surface area contributed by atoms with Crippen molar-refractivity contribution in [2.75, 3.05) is 25.2 Å². The van der Waals surface area contributed by atoms with Crippen LogP contribution in [0.4, 0.5) is 4.39 Å². The topological polar surface area (TPSA) is 40.5 Å². The zero-order chi connectivity index (χ0) is 14.5. The largest absolute Gasteiger partial charge is 0.384 e. The number of benzene rings is 1. The average Bonchev–Trinajstić information content (AvgIpc) is 2.97. The zero-order valence-corrected chi connectivity index (χ0v) is 12.0. The molecule has 1 aliphatic rings. The molecule has 1 heterocycles. The normalized spacial score (nSPS) is 17.4. The fraction of sp³-hybridized carbons (Fsp3) is 0.400. The Hall–Kier alpha value is -1.51. The third-order valence-corrected chi connectivity index (χ3v) is 4.43. The molecule has 0 bridgehead atoms. The predicted molar refractivity (Wildman–Crippen MR) is 78.2 cm³/mol. The third kappa shape index (κ3) is 3.33.